The van der Waals surface area contributed by atoms with E-state index in [0.29, 0.717) is 10.2 Å². The van der Waals surface area contributed by atoms with Gasteiger partial charge in [-0.1, -0.05) is 53.5 Å². The largest absolute Gasteiger partial charge is 0.244 e. The van der Waals surface area contributed by atoms with Crippen molar-refractivity contribution in [1.29, 1.82) is 0 Å². The number of nitrogens with zero attached hydrogens (tertiary/aromatic N) is 1. The summed E-state index contributed by atoms with van der Waals surface area (Å²) in [6, 6.07) is 16.5. The maximum atomic E-state index is 6.15. The molecule has 2 aromatic carbocycles. The zero-order chi connectivity index (χ0) is 13.9. The fraction of sp³-hybridized carbons (Fsp3) is 0.0625. The summed E-state index contributed by atoms with van der Waals surface area (Å²) in [5.74, 6) is 0.779. The third kappa shape index (κ3) is 3.09. The predicted molar refractivity (Wildman–Crippen MR) is 87.8 cm³/mol. The molecule has 0 spiro atoms. The van der Waals surface area contributed by atoms with Crippen LogP contribution in [0.15, 0.2) is 59.6 Å². The molecule has 0 aliphatic heterocycles. The number of halogens is 2. The number of rotatable bonds is 3. The third-order valence-corrected chi connectivity index (χ3v) is 4.61. The summed E-state index contributed by atoms with van der Waals surface area (Å²) in [4.78, 5) is 5.29. The van der Waals surface area contributed by atoms with Crippen LogP contribution in [0.5, 0.6) is 0 Å². The van der Waals surface area contributed by atoms with Gasteiger partial charge in [0.1, 0.15) is 5.15 Å². The maximum absolute atomic E-state index is 6.15. The van der Waals surface area contributed by atoms with Crippen molar-refractivity contribution in [3.05, 3.63) is 70.5 Å². The molecule has 0 unspecified atom stereocenters. The van der Waals surface area contributed by atoms with Gasteiger partial charge in [-0.3, -0.25) is 0 Å². The molecule has 0 bridgehead atoms. The van der Waals surface area contributed by atoms with Gasteiger partial charge in [0.2, 0.25) is 0 Å². The number of aromatic nitrogens is 1. The highest BCUT2D eigenvalue weighted by Gasteiger charge is 2.04. The van der Waals surface area contributed by atoms with Crippen LogP contribution in [0.1, 0.15) is 5.56 Å². The van der Waals surface area contributed by atoms with Crippen LogP contribution in [-0.4, -0.2) is 4.98 Å². The van der Waals surface area contributed by atoms with E-state index in [2.05, 4.69) is 41.4 Å². The maximum Gasteiger partial charge on any atom is 0.130 e. The second-order valence-corrected chi connectivity index (χ2v) is 6.24. The Hall–Kier alpha value is -1.22. The van der Waals surface area contributed by atoms with Crippen molar-refractivity contribution in [2.75, 3.05) is 0 Å². The van der Waals surface area contributed by atoms with Gasteiger partial charge in [0.15, 0.2) is 0 Å². The van der Waals surface area contributed by atoms with Crippen LogP contribution in [0, 0.1) is 0 Å². The molecule has 1 nitrogen and oxygen atoms in total. The molecule has 3 rings (SSSR count). The first-order valence-corrected chi connectivity index (χ1v) is 7.88. The molecule has 0 aliphatic rings. The number of thioether (sulfide) groups is 1. The Morgan fingerprint density at radius 1 is 0.950 bits per heavy atom. The lowest BCUT2D eigenvalue weighted by atomic mass is 10.1. The number of hydrogen-bond acceptors (Lipinski definition) is 2. The minimum atomic E-state index is 0.425. The summed E-state index contributed by atoms with van der Waals surface area (Å²) in [5.41, 5.74) is 0.995. The van der Waals surface area contributed by atoms with E-state index in [1.807, 2.05) is 6.07 Å². The van der Waals surface area contributed by atoms with Gasteiger partial charge >= 0.3 is 0 Å². The Bertz CT molecular complexity index is 758. The SMILES string of the molecule is Clc1cc(Cl)c(CSc2ccc3ccccc3c2)cn1. The van der Waals surface area contributed by atoms with E-state index in [1.165, 1.54) is 15.7 Å². The van der Waals surface area contributed by atoms with Crippen LogP contribution in [-0.2, 0) is 5.75 Å². The Morgan fingerprint density at radius 2 is 1.75 bits per heavy atom. The van der Waals surface area contributed by atoms with Gasteiger partial charge < -0.3 is 0 Å². The van der Waals surface area contributed by atoms with Crippen molar-refractivity contribution >= 4 is 45.7 Å². The standard InChI is InChI=1S/C16H11Cl2NS/c17-15-8-16(18)19-9-13(15)10-20-14-6-5-11-3-1-2-4-12(11)7-14/h1-9H,10H2. The summed E-state index contributed by atoms with van der Waals surface area (Å²) in [6.45, 7) is 0. The molecule has 0 amide bonds. The fourth-order valence-corrected chi connectivity index (χ4v) is 3.40. The summed E-state index contributed by atoms with van der Waals surface area (Å²) >= 11 is 13.7. The molecule has 0 aliphatic carbocycles. The van der Waals surface area contributed by atoms with Gasteiger partial charge in [0.05, 0.1) is 0 Å². The van der Waals surface area contributed by atoms with Crippen LogP contribution < -0.4 is 0 Å². The quantitative estimate of drug-likeness (QED) is 0.444. The van der Waals surface area contributed by atoms with Crippen LogP contribution in [0.2, 0.25) is 10.2 Å². The van der Waals surface area contributed by atoms with E-state index in [-0.39, 0.29) is 0 Å². The highest BCUT2D eigenvalue weighted by Crippen LogP contribution is 2.29. The third-order valence-electron chi connectivity index (χ3n) is 3.01. The second kappa shape index (κ2) is 6.04. The molecule has 20 heavy (non-hydrogen) atoms. The van der Waals surface area contributed by atoms with Gasteiger partial charge in [0, 0.05) is 21.9 Å². The summed E-state index contributed by atoms with van der Waals surface area (Å²) in [7, 11) is 0. The number of fused-ring (bicyclic) bond motifs is 1. The van der Waals surface area contributed by atoms with Crippen molar-refractivity contribution in [2.45, 2.75) is 10.6 Å². The molecule has 0 saturated heterocycles. The van der Waals surface area contributed by atoms with Gasteiger partial charge in [-0.05, 0) is 34.5 Å². The van der Waals surface area contributed by atoms with E-state index in [4.69, 9.17) is 23.2 Å². The predicted octanol–water partition coefficient (Wildman–Crippen LogP) is 5.83. The molecule has 0 N–H and O–H groups in total. The van der Waals surface area contributed by atoms with Crippen molar-refractivity contribution in [3.63, 3.8) is 0 Å². The topological polar surface area (TPSA) is 12.9 Å². The Kier molecular flexibility index (Phi) is 4.16. The van der Waals surface area contributed by atoms with E-state index in [0.717, 1.165) is 11.3 Å². The van der Waals surface area contributed by atoms with Gasteiger partial charge in [-0.2, -0.15) is 0 Å². The van der Waals surface area contributed by atoms with Crippen LogP contribution in [0.4, 0.5) is 0 Å². The van der Waals surface area contributed by atoms with Crippen LogP contribution in [0.25, 0.3) is 10.8 Å². The van der Waals surface area contributed by atoms with E-state index in [9.17, 15) is 0 Å². The average Bonchev–Trinajstić information content (AvgIpc) is 2.46. The number of pyridine rings is 1. The molecule has 3 aromatic rings. The van der Waals surface area contributed by atoms with Gasteiger partial charge in [0.25, 0.3) is 0 Å². The van der Waals surface area contributed by atoms with Crippen molar-refractivity contribution < 1.29 is 0 Å². The molecule has 0 radical (unpaired) electrons. The Balaban J connectivity index is 1.79. The molecule has 0 fully saturated rings. The molecule has 0 saturated carbocycles. The monoisotopic (exact) mass is 319 g/mol. The van der Waals surface area contributed by atoms with E-state index < -0.39 is 0 Å². The van der Waals surface area contributed by atoms with Crippen LogP contribution in [0.3, 0.4) is 0 Å². The molecule has 1 aromatic heterocycles. The van der Waals surface area contributed by atoms with Crippen LogP contribution >= 0.6 is 35.0 Å². The molecular formula is C16H11Cl2NS. The number of benzene rings is 2. The second-order valence-electron chi connectivity index (χ2n) is 4.40. The van der Waals surface area contributed by atoms with E-state index >= 15 is 0 Å². The van der Waals surface area contributed by atoms with Gasteiger partial charge in [-0.25, -0.2) is 4.98 Å². The molecule has 4 heteroatoms. The Morgan fingerprint density at radius 3 is 2.55 bits per heavy atom. The summed E-state index contributed by atoms with van der Waals surface area (Å²) in [5, 5.41) is 3.59. The molecule has 0 atom stereocenters. The highest BCUT2D eigenvalue weighted by molar-refractivity contribution is 7.98. The van der Waals surface area contributed by atoms with Crippen molar-refractivity contribution in [2.24, 2.45) is 0 Å². The average molecular weight is 320 g/mol. The lowest BCUT2D eigenvalue weighted by Gasteiger charge is -2.05. The van der Waals surface area contributed by atoms with Gasteiger partial charge in [-0.15, -0.1) is 11.8 Å². The summed E-state index contributed by atoms with van der Waals surface area (Å²) < 4.78 is 0. The van der Waals surface area contributed by atoms with Crippen molar-refractivity contribution in [3.8, 4) is 0 Å². The zero-order valence-electron chi connectivity index (χ0n) is 10.5. The Labute approximate surface area is 131 Å². The minimum Gasteiger partial charge on any atom is -0.244 e. The van der Waals surface area contributed by atoms with E-state index in [1.54, 1.807) is 24.0 Å². The lowest BCUT2D eigenvalue weighted by Crippen LogP contribution is -1.86. The normalized spacial score (nSPS) is 10.9. The highest BCUT2D eigenvalue weighted by atomic mass is 35.5. The van der Waals surface area contributed by atoms with Crippen molar-refractivity contribution in [1.82, 2.24) is 4.98 Å². The zero-order valence-corrected chi connectivity index (χ0v) is 12.8. The molecule has 1 heterocycles. The fourth-order valence-electron chi connectivity index (χ4n) is 1.96. The first-order valence-electron chi connectivity index (χ1n) is 6.14. The minimum absolute atomic E-state index is 0.425. The first kappa shape index (κ1) is 13.7. The number of hydrogen-bond donors (Lipinski definition) is 0. The molecular weight excluding hydrogens is 309 g/mol. The molecule has 100 valence electrons. The smallest absolute Gasteiger partial charge is 0.130 e. The summed E-state index contributed by atoms with van der Waals surface area (Å²) in [6.07, 6.45) is 1.73. The lowest BCUT2D eigenvalue weighted by molar-refractivity contribution is 1.25. The first-order chi connectivity index (χ1) is 9.72.